The van der Waals surface area contributed by atoms with Crippen LogP contribution in [0.1, 0.15) is 23.2 Å². The molecule has 0 radical (unpaired) electrons. The third kappa shape index (κ3) is 4.39. The molecule has 2 amide bonds. The standard InChI is InChI=1S/C17H18BrN3O4/c18-13-1-2-16(23)21(9-13)10-15(22)19-14-3-6-20(7-4-14)17(24)12-5-8-25-11-12/h1-2,5,8-9,11,14H,3-4,6-7,10H2,(H,19,22). The molecule has 0 spiro atoms. The number of pyridine rings is 1. The Kier molecular flexibility index (Phi) is 5.37. The number of carbonyl (C=O) groups is 2. The molecule has 0 unspecified atom stereocenters. The Morgan fingerprint density at radius 1 is 1.24 bits per heavy atom. The number of amides is 2. The van der Waals surface area contributed by atoms with Crippen LogP contribution in [0.4, 0.5) is 0 Å². The Hall–Kier alpha value is -2.35. The number of rotatable bonds is 4. The van der Waals surface area contributed by atoms with Crippen LogP contribution in [-0.4, -0.2) is 40.4 Å². The lowest BCUT2D eigenvalue weighted by Crippen LogP contribution is -2.47. The zero-order valence-corrected chi connectivity index (χ0v) is 15.1. The third-order valence-corrected chi connectivity index (χ3v) is 4.65. The van der Waals surface area contributed by atoms with Crippen molar-refractivity contribution in [3.05, 3.63) is 57.3 Å². The molecule has 1 N–H and O–H groups in total. The molecule has 0 bridgehead atoms. The quantitative estimate of drug-likeness (QED) is 0.834. The number of nitrogens with one attached hydrogen (secondary N) is 1. The number of hydrogen-bond donors (Lipinski definition) is 1. The Balaban J connectivity index is 1.50. The summed E-state index contributed by atoms with van der Waals surface area (Å²) in [6.45, 7) is 1.13. The van der Waals surface area contributed by atoms with Crippen LogP contribution in [0.25, 0.3) is 0 Å². The van der Waals surface area contributed by atoms with E-state index >= 15 is 0 Å². The molecule has 2 aromatic rings. The number of piperidine rings is 1. The van der Waals surface area contributed by atoms with Gasteiger partial charge in [-0.2, -0.15) is 0 Å². The highest BCUT2D eigenvalue weighted by molar-refractivity contribution is 9.10. The average Bonchev–Trinajstić information content (AvgIpc) is 3.13. The van der Waals surface area contributed by atoms with Crippen LogP contribution in [0.5, 0.6) is 0 Å². The van der Waals surface area contributed by atoms with Crippen molar-refractivity contribution in [1.82, 2.24) is 14.8 Å². The minimum atomic E-state index is -0.223. The number of halogens is 1. The number of likely N-dealkylation sites (tertiary alicyclic amines) is 1. The molecule has 7 nitrogen and oxygen atoms in total. The van der Waals surface area contributed by atoms with Crippen molar-refractivity contribution in [3.63, 3.8) is 0 Å². The first-order valence-corrected chi connectivity index (χ1v) is 8.79. The van der Waals surface area contributed by atoms with Crippen LogP contribution in [0.3, 0.4) is 0 Å². The minimum absolute atomic E-state index is 0.00348. The zero-order valence-electron chi connectivity index (χ0n) is 13.5. The maximum atomic E-state index is 12.2. The zero-order chi connectivity index (χ0) is 17.8. The van der Waals surface area contributed by atoms with Crippen molar-refractivity contribution in [2.24, 2.45) is 0 Å². The highest BCUT2D eigenvalue weighted by Gasteiger charge is 2.25. The molecule has 3 rings (SSSR count). The van der Waals surface area contributed by atoms with Gasteiger partial charge in [-0.15, -0.1) is 0 Å². The lowest BCUT2D eigenvalue weighted by atomic mass is 10.0. The van der Waals surface area contributed by atoms with Crippen LogP contribution < -0.4 is 10.9 Å². The molecule has 25 heavy (non-hydrogen) atoms. The summed E-state index contributed by atoms with van der Waals surface area (Å²) in [5.41, 5.74) is 0.315. The number of nitrogens with zero attached hydrogens (tertiary/aromatic N) is 2. The van der Waals surface area contributed by atoms with E-state index in [1.165, 1.54) is 23.2 Å². The van der Waals surface area contributed by atoms with E-state index in [1.54, 1.807) is 23.2 Å². The molecule has 0 aromatic carbocycles. The normalized spacial score (nSPS) is 15.2. The molecule has 0 saturated carbocycles. The number of carbonyl (C=O) groups excluding carboxylic acids is 2. The first-order chi connectivity index (χ1) is 12.0. The van der Waals surface area contributed by atoms with Gasteiger partial charge in [0.25, 0.3) is 11.5 Å². The van der Waals surface area contributed by atoms with Gasteiger partial charge in [-0.05, 0) is 40.9 Å². The predicted octanol–water partition coefficient (Wildman–Crippen LogP) is 1.62. The second-order valence-corrected chi connectivity index (χ2v) is 6.88. The van der Waals surface area contributed by atoms with Gasteiger partial charge in [0.15, 0.2) is 0 Å². The van der Waals surface area contributed by atoms with E-state index in [0.717, 1.165) is 4.47 Å². The van der Waals surface area contributed by atoms with Crippen LogP contribution in [-0.2, 0) is 11.3 Å². The van der Waals surface area contributed by atoms with Gasteiger partial charge in [0.1, 0.15) is 12.8 Å². The van der Waals surface area contributed by atoms with Crippen molar-refractivity contribution in [3.8, 4) is 0 Å². The molecule has 3 heterocycles. The molecule has 1 saturated heterocycles. The summed E-state index contributed by atoms with van der Waals surface area (Å²) < 4.78 is 7.04. The monoisotopic (exact) mass is 407 g/mol. The second-order valence-electron chi connectivity index (χ2n) is 5.96. The molecule has 1 aliphatic rings. The molecule has 8 heteroatoms. The van der Waals surface area contributed by atoms with Gasteiger partial charge >= 0.3 is 0 Å². The highest BCUT2D eigenvalue weighted by atomic mass is 79.9. The minimum Gasteiger partial charge on any atom is -0.472 e. The fourth-order valence-corrected chi connectivity index (χ4v) is 3.23. The fourth-order valence-electron chi connectivity index (χ4n) is 2.85. The van der Waals surface area contributed by atoms with Crippen molar-refractivity contribution >= 4 is 27.7 Å². The Morgan fingerprint density at radius 3 is 2.68 bits per heavy atom. The summed E-state index contributed by atoms with van der Waals surface area (Å²) in [7, 11) is 0. The summed E-state index contributed by atoms with van der Waals surface area (Å²) in [6, 6.07) is 4.70. The summed E-state index contributed by atoms with van der Waals surface area (Å²) in [4.78, 5) is 37.9. The molecular formula is C17H18BrN3O4. The largest absolute Gasteiger partial charge is 0.472 e. The number of hydrogen-bond acceptors (Lipinski definition) is 4. The van der Waals surface area contributed by atoms with Crippen LogP contribution in [0.15, 0.2) is 50.6 Å². The van der Waals surface area contributed by atoms with E-state index in [-0.39, 0.29) is 30.0 Å². The second kappa shape index (κ2) is 7.69. The van der Waals surface area contributed by atoms with Crippen LogP contribution >= 0.6 is 15.9 Å². The SMILES string of the molecule is O=C(Cn1cc(Br)ccc1=O)NC1CCN(C(=O)c2ccoc2)CC1. The summed E-state index contributed by atoms with van der Waals surface area (Å²) in [6.07, 6.45) is 5.87. The molecule has 1 aliphatic heterocycles. The van der Waals surface area contributed by atoms with E-state index in [2.05, 4.69) is 21.2 Å². The maximum absolute atomic E-state index is 12.2. The Bertz CT molecular complexity index is 808. The van der Waals surface area contributed by atoms with E-state index in [0.29, 0.717) is 31.5 Å². The van der Waals surface area contributed by atoms with E-state index < -0.39 is 0 Å². The maximum Gasteiger partial charge on any atom is 0.257 e. The first kappa shape index (κ1) is 17.5. The number of aromatic nitrogens is 1. The molecule has 2 aromatic heterocycles. The van der Waals surface area contributed by atoms with Crippen molar-refractivity contribution < 1.29 is 14.0 Å². The van der Waals surface area contributed by atoms with Gasteiger partial charge in [0, 0.05) is 35.9 Å². The van der Waals surface area contributed by atoms with E-state index in [9.17, 15) is 14.4 Å². The molecule has 0 aliphatic carbocycles. The lowest BCUT2D eigenvalue weighted by molar-refractivity contribution is -0.122. The topological polar surface area (TPSA) is 84.5 Å². The molecule has 1 fully saturated rings. The van der Waals surface area contributed by atoms with Crippen LogP contribution in [0.2, 0.25) is 0 Å². The van der Waals surface area contributed by atoms with Gasteiger partial charge in [0.05, 0.1) is 11.8 Å². The summed E-state index contributed by atoms with van der Waals surface area (Å²) in [5, 5.41) is 2.94. The third-order valence-electron chi connectivity index (χ3n) is 4.18. The summed E-state index contributed by atoms with van der Waals surface area (Å²) in [5.74, 6) is -0.265. The highest BCUT2D eigenvalue weighted by Crippen LogP contribution is 2.14. The van der Waals surface area contributed by atoms with Gasteiger partial charge in [-0.1, -0.05) is 0 Å². The van der Waals surface area contributed by atoms with Gasteiger partial charge in [0.2, 0.25) is 5.91 Å². The van der Waals surface area contributed by atoms with Crippen molar-refractivity contribution in [2.75, 3.05) is 13.1 Å². The van der Waals surface area contributed by atoms with Gasteiger partial charge < -0.3 is 19.2 Å². The van der Waals surface area contributed by atoms with E-state index in [1.807, 2.05) is 0 Å². The predicted molar refractivity (Wildman–Crippen MR) is 94.2 cm³/mol. The van der Waals surface area contributed by atoms with Gasteiger partial charge in [-0.25, -0.2) is 0 Å². The molecular weight excluding hydrogens is 390 g/mol. The van der Waals surface area contributed by atoms with Gasteiger partial charge in [-0.3, -0.25) is 14.4 Å². The van der Waals surface area contributed by atoms with Crippen molar-refractivity contribution in [1.29, 1.82) is 0 Å². The summed E-state index contributed by atoms with van der Waals surface area (Å²) >= 11 is 3.29. The Labute approximate surface area is 152 Å². The average molecular weight is 408 g/mol. The van der Waals surface area contributed by atoms with E-state index in [4.69, 9.17) is 4.42 Å². The van der Waals surface area contributed by atoms with Crippen molar-refractivity contribution in [2.45, 2.75) is 25.4 Å². The smallest absolute Gasteiger partial charge is 0.257 e. The van der Waals surface area contributed by atoms with Crippen LogP contribution in [0, 0.1) is 0 Å². The molecule has 0 atom stereocenters. The lowest BCUT2D eigenvalue weighted by Gasteiger charge is -2.32. The first-order valence-electron chi connectivity index (χ1n) is 8.00. The number of furan rings is 1. The molecule has 132 valence electrons. The fraction of sp³-hybridized carbons (Fsp3) is 0.353. The Morgan fingerprint density at radius 2 is 2.00 bits per heavy atom.